The van der Waals surface area contributed by atoms with Gasteiger partial charge in [0.1, 0.15) is 24.5 Å². The van der Waals surface area contributed by atoms with Gasteiger partial charge >= 0.3 is 6.09 Å². The van der Waals surface area contributed by atoms with Crippen LogP contribution in [0.2, 0.25) is 0 Å². The van der Waals surface area contributed by atoms with Gasteiger partial charge in [0.2, 0.25) is 0 Å². The number of nitrogens with two attached hydrogens (primary N) is 2. The fourth-order valence-corrected chi connectivity index (χ4v) is 4.66. The third-order valence-electron chi connectivity index (χ3n) is 6.73. The van der Waals surface area contributed by atoms with Gasteiger partial charge < -0.3 is 31.0 Å². The molecule has 2 amide bonds. The van der Waals surface area contributed by atoms with Gasteiger partial charge in [0.25, 0.3) is 12.4 Å². The Morgan fingerprint density at radius 2 is 1.65 bits per heavy atom. The highest BCUT2D eigenvalue weighted by molar-refractivity contribution is 5.99. The highest BCUT2D eigenvalue weighted by Crippen LogP contribution is 2.23. The van der Waals surface area contributed by atoms with Gasteiger partial charge in [0.15, 0.2) is 0 Å². The number of fused-ring (bicyclic) bond motifs is 1. The van der Waals surface area contributed by atoms with Crippen LogP contribution in [0.25, 0.3) is 0 Å². The van der Waals surface area contributed by atoms with Crippen LogP contribution in [-0.2, 0) is 25.4 Å². The molecule has 0 spiro atoms. The van der Waals surface area contributed by atoms with Crippen LogP contribution < -0.4 is 22.1 Å². The monoisotopic (exact) mass is 546 g/mol. The number of nitrogens with one attached hydrogen (secondary N) is 2. The third kappa shape index (κ3) is 7.66. The van der Waals surface area contributed by atoms with E-state index < -0.39 is 30.6 Å². The number of alkyl carbamates (subject to hydrolysis) is 1. The summed E-state index contributed by atoms with van der Waals surface area (Å²) in [5, 5.41) is 5.45. The second-order valence-electron chi connectivity index (χ2n) is 9.49. The molecule has 1 aliphatic heterocycles. The van der Waals surface area contributed by atoms with Crippen LogP contribution in [0.15, 0.2) is 84.9 Å². The second-order valence-corrected chi connectivity index (χ2v) is 9.49. The molecule has 0 aliphatic carbocycles. The molecule has 3 aromatic rings. The fraction of sp³-hybridized carbons (Fsp3) is 0.300. The standard InChI is InChI=1S/C30H34N4O6/c31-17-27(38-18-22(39-19-35)16-25(32)21-11-5-2-6-12-21)26(15-20-9-3-1-4-10-20)40-30(37)34-28-23-13-7-8-14-24(23)29(36)33-28/h1-14,19,22,25-28H,15-18,31-32H2,(H,33,36)(H,34,37). The molecule has 0 fully saturated rings. The highest BCUT2D eigenvalue weighted by Gasteiger charge is 2.32. The largest absolute Gasteiger partial charge is 0.462 e. The van der Waals surface area contributed by atoms with E-state index in [1.54, 1.807) is 24.3 Å². The van der Waals surface area contributed by atoms with Gasteiger partial charge in [-0.2, -0.15) is 0 Å². The summed E-state index contributed by atoms with van der Waals surface area (Å²) in [6, 6.07) is 25.6. The SMILES string of the molecule is NCC(OCC(CC(N)c1ccccc1)OC=O)C(Cc1ccccc1)OC(=O)NC1NC(=O)c2ccccc21. The maximum atomic E-state index is 13.0. The lowest BCUT2D eigenvalue weighted by molar-refractivity contribution is -0.140. The number of hydrogen-bond donors (Lipinski definition) is 4. The zero-order chi connectivity index (χ0) is 28.3. The lowest BCUT2D eigenvalue weighted by Crippen LogP contribution is -2.45. The van der Waals surface area contributed by atoms with Gasteiger partial charge in [-0.05, 0) is 17.2 Å². The average molecular weight is 547 g/mol. The molecule has 10 heteroatoms. The Morgan fingerprint density at radius 3 is 2.35 bits per heavy atom. The lowest BCUT2D eigenvalue weighted by Gasteiger charge is -2.29. The first kappa shape index (κ1) is 28.8. The van der Waals surface area contributed by atoms with E-state index in [0.29, 0.717) is 30.4 Å². The second kappa shape index (κ2) is 14.2. The molecular weight excluding hydrogens is 512 g/mol. The Hall–Kier alpha value is -4.25. The maximum absolute atomic E-state index is 13.0. The van der Waals surface area contributed by atoms with Crippen molar-refractivity contribution in [1.82, 2.24) is 10.6 Å². The molecule has 0 saturated carbocycles. The van der Waals surface area contributed by atoms with Crippen molar-refractivity contribution < 1.29 is 28.6 Å². The molecule has 10 nitrogen and oxygen atoms in total. The van der Waals surface area contributed by atoms with Crippen LogP contribution in [0.1, 0.15) is 45.7 Å². The number of rotatable bonds is 14. The minimum Gasteiger partial charge on any atom is -0.462 e. The van der Waals surface area contributed by atoms with Crippen molar-refractivity contribution >= 4 is 18.5 Å². The van der Waals surface area contributed by atoms with E-state index in [1.165, 1.54) is 0 Å². The first-order valence-electron chi connectivity index (χ1n) is 13.1. The smallest absolute Gasteiger partial charge is 0.409 e. The van der Waals surface area contributed by atoms with Crippen LogP contribution >= 0.6 is 0 Å². The zero-order valence-electron chi connectivity index (χ0n) is 22.0. The molecule has 210 valence electrons. The molecule has 1 aliphatic rings. The molecule has 0 aromatic heterocycles. The van der Waals surface area contributed by atoms with Crippen molar-refractivity contribution in [2.24, 2.45) is 11.5 Å². The summed E-state index contributed by atoms with van der Waals surface area (Å²) in [4.78, 5) is 36.5. The predicted octanol–water partition coefficient (Wildman–Crippen LogP) is 2.74. The number of ether oxygens (including phenoxy) is 3. The van der Waals surface area contributed by atoms with Crippen molar-refractivity contribution in [1.29, 1.82) is 0 Å². The van der Waals surface area contributed by atoms with Gasteiger partial charge in [-0.15, -0.1) is 0 Å². The fourth-order valence-electron chi connectivity index (χ4n) is 4.66. The summed E-state index contributed by atoms with van der Waals surface area (Å²) in [5.74, 6) is -0.278. The van der Waals surface area contributed by atoms with E-state index in [0.717, 1.165) is 11.1 Å². The van der Waals surface area contributed by atoms with E-state index in [1.807, 2.05) is 60.7 Å². The summed E-state index contributed by atoms with van der Waals surface area (Å²) < 4.78 is 17.2. The normalized spacial score (nSPS) is 17.1. The number of hydrogen-bond acceptors (Lipinski definition) is 8. The Labute approximate surface area is 233 Å². The zero-order valence-corrected chi connectivity index (χ0v) is 22.0. The Balaban J connectivity index is 1.43. The first-order chi connectivity index (χ1) is 19.5. The van der Waals surface area contributed by atoms with Gasteiger partial charge in [-0.25, -0.2) is 4.79 Å². The quantitative estimate of drug-likeness (QED) is 0.225. The van der Waals surface area contributed by atoms with E-state index >= 15 is 0 Å². The summed E-state index contributed by atoms with van der Waals surface area (Å²) in [5.41, 5.74) is 15.4. The van der Waals surface area contributed by atoms with Crippen molar-refractivity contribution in [3.63, 3.8) is 0 Å². The van der Waals surface area contributed by atoms with Crippen molar-refractivity contribution in [3.05, 3.63) is 107 Å². The Bertz CT molecular complexity index is 1260. The molecule has 0 saturated heterocycles. The Kier molecular flexibility index (Phi) is 10.2. The Morgan fingerprint density at radius 1 is 0.975 bits per heavy atom. The topological polar surface area (TPSA) is 155 Å². The number of benzene rings is 3. The summed E-state index contributed by atoms with van der Waals surface area (Å²) in [7, 11) is 0. The van der Waals surface area contributed by atoms with Crippen molar-refractivity contribution in [3.8, 4) is 0 Å². The molecule has 40 heavy (non-hydrogen) atoms. The molecular formula is C30H34N4O6. The molecule has 3 aromatic carbocycles. The molecule has 0 radical (unpaired) electrons. The van der Waals surface area contributed by atoms with E-state index in [4.69, 9.17) is 25.7 Å². The van der Waals surface area contributed by atoms with Gasteiger partial charge in [-0.3, -0.25) is 14.9 Å². The van der Waals surface area contributed by atoms with E-state index in [-0.39, 0.29) is 25.1 Å². The predicted molar refractivity (Wildman–Crippen MR) is 148 cm³/mol. The number of carbonyl (C=O) groups is 3. The molecule has 4 rings (SSSR count). The highest BCUT2D eigenvalue weighted by atomic mass is 16.6. The molecule has 5 unspecified atom stereocenters. The van der Waals surface area contributed by atoms with Crippen LogP contribution in [0.5, 0.6) is 0 Å². The van der Waals surface area contributed by atoms with Crippen molar-refractivity contribution in [2.75, 3.05) is 13.2 Å². The number of carbonyl (C=O) groups excluding carboxylic acids is 3. The van der Waals surface area contributed by atoms with Gasteiger partial charge in [0.05, 0.1) is 6.61 Å². The summed E-state index contributed by atoms with van der Waals surface area (Å²) in [6.07, 6.45) is -2.95. The van der Waals surface area contributed by atoms with E-state index in [9.17, 15) is 14.4 Å². The molecule has 6 N–H and O–H groups in total. The minimum absolute atomic E-state index is 0.00344. The summed E-state index contributed by atoms with van der Waals surface area (Å²) >= 11 is 0. The number of amides is 2. The molecule has 0 bridgehead atoms. The van der Waals surface area contributed by atoms with E-state index in [2.05, 4.69) is 10.6 Å². The average Bonchev–Trinajstić information content (AvgIpc) is 3.29. The third-order valence-corrected chi connectivity index (χ3v) is 6.73. The first-order valence-corrected chi connectivity index (χ1v) is 13.1. The maximum Gasteiger partial charge on any atom is 0.409 e. The molecule has 1 heterocycles. The van der Waals surface area contributed by atoms with Crippen LogP contribution in [-0.4, -0.2) is 49.9 Å². The van der Waals surface area contributed by atoms with Gasteiger partial charge in [-0.1, -0.05) is 78.9 Å². The van der Waals surface area contributed by atoms with Gasteiger partial charge in [0, 0.05) is 36.6 Å². The minimum atomic E-state index is -0.778. The lowest BCUT2D eigenvalue weighted by atomic mass is 10.0. The van der Waals surface area contributed by atoms with Crippen LogP contribution in [0.3, 0.4) is 0 Å². The summed E-state index contributed by atoms with van der Waals surface area (Å²) in [6.45, 7) is 0.401. The van der Waals surface area contributed by atoms with Crippen LogP contribution in [0, 0.1) is 0 Å². The van der Waals surface area contributed by atoms with Crippen molar-refractivity contribution in [2.45, 2.75) is 43.4 Å². The molecule has 5 atom stereocenters. The van der Waals surface area contributed by atoms with Crippen LogP contribution in [0.4, 0.5) is 4.79 Å².